The molecule has 0 aromatic heterocycles. The van der Waals surface area contributed by atoms with Crippen molar-refractivity contribution in [2.24, 2.45) is 0 Å². The zero-order valence-electron chi connectivity index (χ0n) is 14.9. The van der Waals surface area contributed by atoms with E-state index in [2.05, 4.69) is 13.8 Å². The summed E-state index contributed by atoms with van der Waals surface area (Å²) in [4.78, 5) is 0. The molecule has 3 nitrogen and oxygen atoms in total. The number of sulfonamides is 1. The zero-order valence-corrected chi connectivity index (χ0v) is 15.7. The van der Waals surface area contributed by atoms with E-state index in [0.717, 1.165) is 25.8 Å². The Morgan fingerprint density at radius 2 is 1.32 bits per heavy atom. The normalized spacial score (nSPS) is 18.3. The van der Waals surface area contributed by atoms with Crippen LogP contribution in [-0.4, -0.2) is 31.1 Å². The molecule has 1 rings (SSSR count). The first kappa shape index (κ1) is 20.0. The van der Waals surface area contributed by atoms with Gasteiger partial charge in [0.1, 0.15) is 0 Å². The number of unbranched alkanes of at least 4 members (excludes halogenated alkanes) is 8. The molecule has 0 saturated carbocycles. The Bertz CT molecular complexity index is 353. The van der Waals surface area contributed by atoms with Gasteiger partial charge in [0.2, 0.25) is 10.0 Å². The highest BCUT2D eigenvalue weighted by Gasteiger charge is 2.33. The Hall–Kier alpha value is -0.0900. The van der Waals surface area contributed by atoms with E-state index < -0.39 is 10.0 Å². The Morgan fingerprint density at radius 3 is 1.73 bits per heavy atom. The fourth-order valence-electron chi connectivity index (χ4n) is 3.47. The van der Waals surface area contributed by atoms with Gasteiger partial charge in [0.15, 0.2) is 0 Å². The van der Waals surface area contributed by atoms with Gasteiger partial charge < -0.3 is 0 Å². The highest BCUT2D eigenvalue weighted by molar-refractivity contribution is 7.89. The summed E-state index contributed by atoms with van der Waals surface area (Å²) in [6, 6.07) is 0.274. The molecule has 0 N–H and O–H groups in total. The first-order chi connectivity index (χ1) is 10.6. The van der Waals surface area contributed by atoms with Gasteiger partial charge in [-0.15, -0.1) is 0 Å². The predicted octanol–water partition coefficient (Wildman–Crippen LogP) is 5.11. The molecule has 22 heavy (non-hydrogen) atoms. The molecule has 1 saturated heterocycles. The molecule has 1 fully saturated rings. The molecule has 0 spiro atoms. The van der Waals surface area contributed by atoms with E-state index in [1.165, 1.54) is 64.2 Å². The molecular formula is C18H37NO2S. The topological polar surface area (TPSA) is 37.4 Å². The Labute approximate surface area is 138 Å². The van der Waals surface area contributed by atoms with Crippen LogP contribution in [0, 0.1) is 0 Å². The van der Waals surface area contributed by atoms with Crippen molar-refractivity contribution in [2.45, 2.75) is 103 Å². The van der Waals surface area contributed by atoms with Crippen LogP contribution in [0.5, 0.6) is 0 Å². The van der Waals surface area contributed by atoms with Gasteiger partial charge >= 0.3 is 0 Å². The standard InChI is InChI=1S/C18H37NO2S/c1-3-5-7-9-11-14-18(15-12-10-8-6-4-2)19-16-13-17-22(19,20)21/h18H,3-17H2,1-2H3. The van der Waals surface area contributed by atoms with Gasteiger partial charge in [0.25, 0.3) is 0 Å². The average Bonchev–Trinajstić information content (AvgIpc) is 2.84. The minimum Gasteiger partial charge on any atom is -0.212 e. The van der Waals surface area contributed by atoms with Crippen LogP contribution in [0.4, 0.5) is 0 Å². The Kier molecular flexibility index (Phi) is 10.4. The lowest BCUT2D eigenvalue weighted by Crippen LogP contribution is -2.36. The maximum atomic E-state index is 12.2. The van der Waals surface area contributed by atoms with E-state index >= 15 is 0 Å². The van der Waals surface area contributed by atoms with Gasteiger partial charge in [-0.25, -0.2) is 8.42 Å². The van der Waals surface area contributed by atoms with E-state index in [4.69, 9.17) is 0 Å². The molecule has 1 heterocycles. The van der Waals surface area contributed by atoms with Gasteiger partial charge in [0, 0.05) is 12.6 Å². The largest absolute Gasteiger partial charge is 0.214 e. The summed E-state index contributed by atoms with van der Waals surface area (Å²) in [6.45, 7) is 5.22. The highest BCUT2D eigenvalue weighted by atomic mass is 32.2. The molecule has 0 atom stereocenters. The van der Waals surface area contributed by atoms with E-state index in [9.17, 15) is 8.42 Å². The van der Waals surface area contributed by atoms with Crippen LogP contribution in [0.15, 0.2) is 0 Å². The minimum atomic E-state index is -2.95. The zero-order chi connectivity index (χ0) is 16.3. The van der Waals surface area contributed by atoms with Gasteiger partial charge in [0.05, 0.1) is 5.75 Å². The van der Waals surface area contributed by atoms with Crippen molar-refractivity contribution in [1.82, 2.24) is 4.31 Å². The summed E-state index contributed by atoms with van der Waals surface area (Å²) in [5.41, 5.74) is 0. The Balaban J connectivity index is 2.39. The van der Waals surface area contributed by atoms with Crippen LogP contribution in [0.3, 0.4) is 0 Å². The van der Waals surface area contributed by atoms with Crippen molar-refractivity contribution < 1.29 is 8.42 Å². The van der Waals surface area contributed by atoms with Crippen molar-refractivity contribution in [3.8, 4) is 0 Å². The van der Waals surface area contributed by atoms with Crippen molar-refractivity contribution in [2.75, 3.05) is 12.3 Å². The van der Waals surface area contributed by atoms with Gasteiger partial charge in [-0.05, 0) is 19.3 Å². The maximum Gasteiger partial charge on any atom is 0.214 e. The van der Waals surface area contributed by atoms with Crippen LogP contribution in [0.1, 0.15) is 97.3 Å². The van der Waals surface area contributed by atoms with E-state index in [0.29, 0.717) is 5.75 Å². The van der Waals surface area contributed by atoms with Crippen LogP contribution >= 0.6 is 0 Å². The van der Waals surface area contributed by atoms with E-state index in [1.54, 1.807) is 0 Å². The van der Waals surface area contributed by atoms with Crippen LogP contribution in [0.25, 0.3) is 0 Å². The predicted molar refractivity (Wildman–Crippen MR) is 95.6 cm³/mol. The molecule has 0 unspecified atom stereocenters. The number of hydrogen-bond acceptors (Lipinski definition) is 2. The second-order valence-electron chi connectivity index (χ2n) is 6.84. The number of hydrogen-bond donors (Lipinski definition) is 0. The highest BCUT2D eigenvalue weighted by Crippen LogP contribution is 2.25. The van der Waals surface area contributed by atoms with Gasteiger partial charge in [-0.3, -0.25) is 0 Å². The van der Waals surface area contributed by atoms with Crippen LogP contribution < -0.4 is 0 Å². The average molecular weight is 332 g/mol. The summed E-state index contributed by atoms with van der Waals surface area (Å²) < 4.78 is 26.2. The minimum absolute atomic E-state index is 0.274. The molecule has 132 valence electrons. The second-order valence-corrected chi connectivity index (χ2v) is 8.88. The third-order valence-electron chi connectivity index (χ3n) is 4.83. The molecule has 0 radical (unpaired) electrons. The maximum absolute atomic E-state index is 12.2. The fraction of sp³-hybridized carbons (Fsp3) is 1.00. The van der Waals surface area contributed by atoms with Gasteiger partial charge in [-0.1, -0.05) is 78.1 Å². The third kappa shape index (κ3) is 7.45. The monoisotopic (exact) mass is 331 g/mol. The quantitative estimate of drug-likeness (QED) is 0.440. The van der Waals surface area contributed by atoms with Crippen molar-refractivity contribution in [3.05, 3.63) is 0 Å². The fourth-order valence-corrected chi connectivity index (χ4v) is 5.27. The first-order valence-corrected chi connectivity index (χ1v) is 11.2. The summed E-state index contributed by atoms with van der Waals surface area (Å²) in [5, 5.41) is 0. The molecule has 1 aliphatic heterocycles. The van der Waals surface area contributed by atoms with Crippen LogP contribution in [-0.2, 0) is 10.0 Å². The lowest BCUT2D eigenvalue weighted by molar-refractivity contribution is 0.292. The molecule has 0 bridgehead atoms. The number of nitrogens with zero attached hydrogens (tertiary/aromatic N) is 1. The summed E-state index contributed by atoms with van der Waals surface area (Å²) in [6.07, 6.45) is 15.6. The molecule has 0 amide bonds. The van der Waals surface area contributed by atoms with Crippen molar-refractivity contribution in [3.63, 3.8) is 0 Å². The molecule has 0 aromatic carbocycles. The van der Waals surface area contributed by atoms with Crippen molar-refractivity contribution >= 4 is 10.0 Å². The first-order valence-electron chi connectivity index (χ1n) is 9.61. The molecule has 0 aromatic rings. The van der Waals surface area contributed by atoms with Gasteiger partial charge in [-0.2, -0.15) is 4.31 Å². The third-order valence-corrected chi connectivity index (χ3v) is 6.83. The molecule has 0 aliphatic carbocycles. The summed E-state index contributed by atoms with van der Waals surface area (Å²) in [7, 11) is -2.95. The van der Waals surface area contributed by atoms with Crippen molar-refractivity contribution in [1.29, 1.82) is 0 Å². The molecule has 4 heteroatoms. The van der Waals surface area contributed by atoms with E-state index in [1.807, 2.05) is 4.31 Å². The Morgan fingerprint density at radius 1 is 0.818 bits per heavy atom. The number of rotatable bonds is 13. The lowest BCUT2D eigenvalue weighted by atomic mass is 10.0. The van der Waals surface area contributed by atoms with Crippen LogP contribution in [0.2, 0.25) is 0 Å². The summed E-state index contributed by atoms with van der Waals surface area (Å²) in [5.74, 6) is 0.370. The smallest absolute Gasteiger partial charge is 0.212 e. The molecule has 1 aliphatic rings. The van der Waals surface area contributed by atoms with E-state index in [-0.39, 0.29) is 6.04 Å². The lowest BCUT2D eigenvalue weighted by Gasteiger charge is -2.26. The summed E-state index contributed by atoms with van der Waals surface area (Å²) >= 11 is 0. The second kappa shape index (κ2) is 11.4. The SMILES string of the molecule is CCCCCCCC(CCCCCCC)N1CCCS1(=O)=O. The molecular weight excluding hydrogens is 294 g/mol.